The molecular formula is C27H29ClN6O3. The van der Waals surface area contributed by atoms with Gasteiger partial charge in [-0.25, -0.2) is 4.98 Å². The van der Waals surface area contributed by atoms with Crippen LogP contribution in [0.1, 0.15) is 42.9 Å². The van der Waals surface area contributed by atoms with Crippen LogP contribution in [-0.4, -0.2) is 60.4 Å². The van der Waals surface area contributed by atoms with E-state index in [2.05, 4.69) is 49.9 Å². The minimum Gasteiger partial charge on any atom is -0.388 e. The van der Waals surface area contributed by atoms with Crippen molar-refractivity contribution < 1.29 is 15.0 Å². The molecule has 9 nitrogen and oxygen atoms in total. The van der Waals surface area contributed by atoms with Gasteiger partial charge in [0.05, 0.1) is 18.4 Å². The van der Waals surface area contributed by atoms with Crippen LogP contribution in [0.5, 0.6) is 0 Å². The Kier molecular flexibility index (Phi) is 7.36. The molecule has 0 aliphatic heterocycles. The van der Waals surface area contributed by atoms with Gasteiger partial charge in [0.15, 0.2) is 17.0 Å². The Bertz CT molecular complexity index is 1330. The zero-order valence-corrected chi connectivity index (χ0v) is 21.1. The molecule has 1 aliphatic carbocycles. The first-order chi connectivity index (χ1) is 18.0. The Morgan fingerprint density at radius 1 is 1.05 bits per heavy atom. The average molecular weight is 521 g/mol. The Morgan fingerprint density at radius 2 is 1.70 bits per heavy atom. The average Bonchev–Trinajstić information content (AvgIpc) is 3.46. The lowest BCUT2D eigenvalue weighted by atomic mass is 9.91. The number of fused-ring (bicyclic) bond motifs is 1. The molecule has 2 heterocycles. The number of halogens is 1. The molecule has 1 saturated carbocycles. The number of amides is 1. The summed E-state index contributed by atoms with van der Waals surface area (Å²) in [4.78, 5) is 25.2. The van der Waals surface area contributed by atoms with Gasteiger partial charge in [-0.15, -0.1) is 0 Å². The van der Waals surface area contributed by atoms with Crippen LogP contribution in [0.15, 0.2) is 67.0 Å². The Morgan fingerprint density at radius 3 is 2.32 bits per heavy atom. The molecule has 4 N–H and O–H groups in total. The van der Waals surface area contributed by atoms with E-state index >= 15 is 0 Å². The third kappa shape index (κ3) is 5.16. The van der Waals surface area contributed by atoms with E-state index in [9.17, 15) is 15.0 Å². The Balaban J connectivity index is 1.43. The van der Waals surface area contributed by atoms with Gasteiger partial charge in [0.25, 0.3) is 0 Å². The maximum absolute atomic E-state index is 11.9. The quantitative estimate of drug-likeness (QED) is 0.263. The fraction of sp³-hybridized carbons (Fsp3) is 0.333. The van der Waals surface area contributed by atoms with E-state index in [4.69, 9.17) is 11.6 Å². The molecule has 0 saturated heterocycles. The first-order valence-corrected chi connectivity index (χ1v) is 12.7. The summed E-state index contributed by atoms with van der Waals surface area (Å²) in [5.41, 5.74) is 3.27. The minimum absolute atomic E-state index is 0.0385. The topological polar surface area (TPSA) is 125 Å². The third-order valence-electron chi connectivity index (χ3n) is 6.95. The van der Waals surface area contributed by atoms with Gasteiger partial charge >= 0.3 is 0 Å². The molecule has 4 atom stereocenters. The van der Waals surface area contributed by atoms with Crippen LogP contribution in [0.25, 0.3) is 11.2 Å². The standard InChI is InChI=1S/C27H29ClN6O3/c1-2-21(35)31-19-13-20(24(37)23(19)36)34-15-30-22-25(32-27(28)33-26(22)34)29-14-18(16-9-5-3-6-10-16)17-11-7-4-8-12-17/h3-12,15,18-20,23-24,36-37H,2,13-14H2,1H3,(H,31,35)(H,29,32,33)/t19-,20?,23+,24?/m0/s1. The van der Waals surface area contributed by atoms with Gasteiger partial charge in [0.2, 0.25) is 11.2 Å². The molecule has 37 heavy (non-hydrogen) atoms. The van der Waals surface area contributed by atoms with Crippen LogP contribution < -0.4 is 10.6 Å². The van der Waals surface area contributed by atoms with Gasteiger partial charge < -0.3 is 25.4 Å². The van der Waals surface area contributed by atoms with Crippen LogP contribution >= 0.6 is 11.6 Å². The second-order valence-electron chi connectivity index (χ2n) is 9.23. The number of anilines is 1. The summed E-state index contributed by atoms with van der Waals surface area (Å²) in [6.45, 7) is 2.28. The summed E-state index contributed by atoms with van der Waals surface area (Å²) < 4.78 is 1.70. The van der Waals surface area contributed by atoms with Gasteiger partial charge in [-0.2, -0.15) is 9.97 Å². The molecule has 2 unspecified atom stereocenters. The van der Waals surface area contributed by atoms with Crippen molar-refractivity contribution in [1.82, 2.24) is 24.8 Å². The highest BCUT2D eigenvalue weighted by Crippen LogP contribution is 2.35. The predicted octanol–water partition coefficient (Wildman–Crippen LogP) is 3.29. The highest BCUT2D eigenvalue weighted by atomic mass is 35.5. The number of imidazole rings is 1. The van der Waals surface area contributed by atoms with E-state index in [1.165, 1.54) is 0 Å². The molecule has 10 heteroatoms. The number of nitrogens with zero attached hydrogens (tertiary/aromatic N) is 4. The number of carbonyl (C=O) groups is 1. The van der Waals surface area contributed by atoms with Crippen molar-refractivity contribution in [2.75, 3.05) is 11.9 Å². The van der Waals surface area contributed by atoms with E-state index in [1.54, 1.807) is 17.8 Å². The fourth-order valence-corrected chi connectivity index (χ4v) is 5.15. The Labute approximate surface area is 219 Å². The highest BCUT2D eigenvalue weighted by molar-refractivity contribution is 6.28. The van der Waals surface area contributed by atoms with Gasteiger partial charge in [-0.05, 0) is 29.1 Å². The number of benzene rings is 2. The smallest absolute Gasteiger partial charge is 0.226 e. The van der Waals surface area contributed by atoms with E-state index in [0.717, 1.165) is 11.1 Å². The lowest BCUT2D eigenvalue weighted by molar-refractivity contribution is -0.122. The van der Waals surface area contributed by atoms with Crippen molar-refractivity contribution in [3.63, 3.8) is 0 Å². The summed E-state index contributed by atoms with van der Waals surface area (Å²) in [7, 11) is 0. The van der Waals surface area contributed by atoms with Gasteiger partial charge in [0, 0.05) is 18.9 Å². The molecule has 5 rings (SSSR count). The summed E-state index contributed by atoms with van der Waals surface area (Å²) in [6.07, 6.45) is -0.0237. The summed E-state index contributed by atoms with van der Waals surface area (Å²) in [5.74, 6) is 0.355. The molecule has 0 radical (unpaired) electrons. The zero-order chi connectivity index (χ0) is 25.9. The summed E-state index contributed by atoms with van der Waals surface area (Å²) >= 11 is 6.32. The SMILES string of the molecule is CCC(=O)N[C@H]1CC(n2cnc3c(NCC(c4ccccc4)c4ccccc4)nc(Cl)nc32)C(O)[C@@H]1O. The second kappa shape index (κ2) is 10.8. The largest absolute Gasteiger partial charge is 0.388 e. The number of aromatic nitrogens is 4. The third-order valence-corrected chi connectivity index (χ3v) is 7.12. The van der Waals surface area contributed by atoms with E-state index in [-0.39, 0.29) is 17.1 Å². The van der Waals surface area contributed by atoms with Crippen LogP contribution in [-0.2, 0) is 4.79 Å². The number of hydrogen-bond donors (Lipinski definition) is 4. The number of carbonyl (C=O) groups excluding carboxylic acids is 1. The number of hydrogen-bond acceptors (Lipinski definition) is 7. The van der Waals surface area contributed by atoms with Crippen molar-refractivity contribution in [2.24, 2.45) is 0 Å². The molecule has 1 amide bonds. The number of aliphatic hydroxyl groups excluding tert-OH is 2. The van der Waals surface area contributed by atoms with Crippen molar-refractivity contribution in [3.8, 4) is 0 Å². The summed E-state index contributed by atoms with van der Waals surface area (Å²) in [6, 6.07) is 19.3. The number of aliphatic hydroxyl groups is 2. The zero-order valence-electron chi connectivity index (χ0n) is 20.3. The first kappa shape index (κ1) is 25.1. The lowest BCUT2D eigenvalue weighted by Crippen LogP contribution is -2.42. The minimum atomic E-state index is -1.11. The van der Waals surface area contributed by atoms with Crippen molar-refractivity contribution in [1.29, 1.82) is 0 Å². The van der Waals surface area contributed by atoms with E-state index in [0.29, 0.717) is 36.4 Å². The van der Waals surface area contributed by atoms with Crippen molar-refractivity contribution >= 4 is 34.5 Å². The van der Waals surface area contributed by atoms with Gasteiger partial charge in [0.1, 0.15) is 12.2 Å². The maximum atomic E-state index is 11.9. The molecule has 2 aromatic carbocycles. The molecule has 1 aliphatic rings. The highest BCUT2D eigenvalue weighted by Gasteiger charge is 2.43. The first-order valence-electron chi connectivity index (χ1n) is 12.4. The van der Waals surface area contributed by atoms with Crippen molar-refractivity contribution in [3.05, 3.63) is 83.4 Å². The van der Waals surface area contributed by atoms with Gasteiger partial charge in [-0.3, -0.25) is 4.79 Å². The van der Waals surface area contributed by atoms with Crippen LogP contribution in [0.4, 0.5) is 5.82 Å². The normalized spacial score (nSPS) is 21.4. The molecule has 1 fully saturated rings. The van der Waals surface area contributed by atoms with E-state index < -0.39 is 24.3 Å². The second-order valence-corrected chi connectivity index (χ2v) is 9.57. The number of nitrogens with one attached hydrogen (secondary N) is 2. The molecular weight excluding hydrogens is 492 g/mol. The molecule has 0 spiro atoms. The monoisotopic (exact) mass is 520 g/mol. The summed E-state index contributed by atoms with van der Waals surface area (Å²) in [5, 5.41) is 27.5. The van der Waals surface area contributed by atoms with E-state index in [1.807, 2.05) is 36.4 Å². The van der Waals surface area contributed by atoms with Crippen molar-refractivity contribution in [2.45, 2.75) is 50.0 Å². The Hall–Kier alpha value is -3.53. The molecule has 4 aromatic rings. The van der Waals surface area contributed by atoms with Crippen LogP contribution in [0.2, 0.25) is 5.28 Å². The molecule has 0 bridgehead atoms. The van der Waals surface area contributed by atoms with Crippen LogP contribution in [0, 0.1) is 0 Å². The van der Waals surface area contributed by atoms with Gasteiger partial charge in [-0.1, -0.05) is 67.6 Å². The lowest BCUT2D eigenvalue weighted by Gasteiger charge is -2.20. The predicted molar refractivity (Wildman–Crippen MR) is 141 cm³/mol. The number of rotatable bonds is 8. The maximum Gasteiger partial charge on any atom is 0.226 e. The fourth-order valence-electron chi connectivity index (χ4n) is 4.99. The van der Waals surface area contributed by atoms with Crippen LogP contribution in [0.3, 0.4) is 0 Å². The molecule has 192 valence electrons. The molecule has 2 aromatic heterocycles.